The lowest BCUT2D eigenvalue weighted by atomic mass is 9.84. The highest BCUT2D eigenvalue weighted by Gasteiger charge is 2.26. The second kappa shape index (κ2) is 10.2. The molecule has 5 nitrogen and oxygen atoms in total. The molecule has 24 heavy (non-hydrogen) atoms. The number of rotatable bonds is 5. The molecule has 2 heterocycles. The predicted molar refractivity (Wildman–Crippen MR) is 99.2 cm³/mol. The van der Waals surface area contributed by atoms with Crippen LogP contribution in [0.4, 0.5) is 0 Å². The van der Waals surface area contributed by atoms with E-state index in [1.54, 1.807) is 0 Å². The van der Waals surface area contributed by atoms with Crippen LogP contribution < -0.4 is 10.6 Å². The van der Waals surface area contributed by atoms with Crippen molar-refractivity contribution < 1.29 is 9.59 Å². The van der Waals surface area contributed by atoms with Gasteiger partial charge in [-0.1, -0.05) is 20.8 Å². The largest absolute Gasteiger partial charge is 0.353 e. The van der Waals surface area contributed by atoms with Crippen LogP contribution in [0, 0.1) is 17.8 Å². The molecule has 0 bridgehead atoms. The van der Waals surface area contributed by atoms with Crippen molar-refractivity contribution in [2.24, 2.45) is 17.8 Å². The zero-order valence-corrected chi connectivity index (χ0v) is 16.2. The van der Waals surface area contributed by atoms with Gasteiger partial charge < -0.3 is 15.5 Å². The SMILES string of the molecule is CC(C)C(=O)N1CCC(NC(=O)CC(C)C2CCNCC2)CC1.Cl. The molecule has 2 N–H and O–H groups in total. The third kappa shape index (κ3) is 6.25. The highest BCUT2D eigenvalue weighted by atomic mass is 35.5. The van der Waals surface area contributed by atoms with Crippen molar-refractivity contribution in [1.82, 2.24) is 15.5 Å². The molecular weight excluding hydrogens is 326 g/mol. The Hall–Kier alpha value is -0.810. The maximum Gasteiger partial charge on any atom is 0.225 e. The lowest BCUT2D eigenvalue weighted by Gasteiger charge is -2.34. The molecule has 2 rings (SSSR count). The van der Waals surface area contributed by atoms with Crippen LogP contribution in [0.15, 0.2) is 0 Å². The van der Waals surface area contributed by atoms with Crippen LogP contribution in [-0.2, 0) is 9.59 Å². The fraction of sp³-hybridized carbons (Fsp3) is 0.889. The zero-order valence-electron chi connectivity index (χ0n) is 15.3. The number of carbonyl (C=O) groups excluding carboxylic acids is 2. The van der Waals surface area contributed by atoms with Crippen molar-refractivity contribution in [1.29, 1.82) is 0 Å². The fourth-order valence-electron chi connectivity index (χ4n) is 3.77. The van der Waals surface area contributed by atoms with E-state index in [1.165, 1.54) is 12.8 Å². The normalized spacial score (nSPS) is 21.2. The first kappa shape index (κ1) is 21.2. The molecule has 0 aliphatic carbocycles. The van der Waals surface area contributed by atoms with Crippen LogP contribution >= 0.6 is 12.4 Å². The summed E-state index contributed by atoms with van der Waals surface area (Å²) in [6, 6.07) is 0.235. The molecule has 2 fully saturated rings. The number of hydrogen-bond donors (Lipinski definition) is 2. The molecule has 0 aromatic heterocycles. The summed E-state index contributed by atoms with van der Waals surface area (Å²) in [6.07, 6.45) is 4.77. The second-order valence-corrected chi connectivity index (χ2v) is 7.59. The topological polar surface area (TPSA) is 61.4 Å². The third-order valence-corrected chi connectivity index (χ3v) is 5.36. The first-order valence-corrected chi connectivity index (χ1v) is 9.26. The van der Waals surface area contributed by atoms with Gasteiger partial charge in [-0.3, -0.25) is 9.59 Å². The predicted octanol–water partition coefficient (Wildman–Crippen LogP) is 2.20. The average molecular weight is 360 g/mol. The molecule has 0 radical (unpaired) electrons. The fourth-order valence-corrected chi connectivity index (χ4v) is 3.77. The highest BCUT2D eigenvalue weighted by molar-refractivity contribution is 5.85. The molecule has 2 aliphatic rings. The molecule has 2 amide bonds. The molecular formula is C18H34ClN3O2. The van der Waals surface area contributed by atoms with E-state index in [2.05, 4.69) is 17.6 Å². The lowest BCUT2D eigenvalue weighted by Crippen LogP contribution is -2.47. The molecule has 0 aromatic carbocycles. The van der Waals surface area contributed by atoms with Gasteiger partial charge in [0, 0.05) is 31.5 Å². The summed E-state index contributed by atoms with van der Waals surface area (Å²) in [6.45, 7) is 9.80. The standard InChI is InChI=1S/C18H33N3O2.ClH/c1-13(2)18(23)21-10-6-16(7-11-21)20-17(22)12-14(3)15-4-8-19-9-5-15;/h13-16,19H,4-12H2,1-3H3,(H,20,22);1H. The molecule has 2 aliphatic heterocycles. The first-order chi connectivity index (χ1) is 11.0. The first-order valence-electron chi connectivity index (χ1n) is 9.26. The van der Waals surface area contributed by atoms with E-state index in [0.717, 1.165) is 39.0 Å². The Morgan fingerprint density at radius 3 is 2.21 bits per heavy atom. The number of piperidine rings is 2. The van der Waals surface area contributed by atoms with Crippen molar-refractivity contribution in [3.05, 3.63) is 0 Å². The van der Waals surface area contributed by atoms with Gasteiger partial charge in [0.05, 0.1) is 0 Å². The molecule has 0 spiro atoms. The minimum absolute atomic E-state index is 0. The molecule has 1 unspecified atom stereocenters. The Bertz CT molecular complexity index is 403. The van der Waals surface area contributed by atoms with Gasteiger partial charge in [-0.15, -0.1) is 12.4 Å². The van der Waals surface area contributed by atoms with Gasteiger partial charge in [-0.2, -0.15) is 0 Å². The summed E-state index contributed by atoms with van der Waals surface area (Å²) in [4.78, 5) is 26.2. The summed E-state index contributed by atoms with van der Waals surface area (Å²) < 4.78 is 0. The number of halogens is 1. The van der Waals surface area contributed by atoms with Crippen molar-refractivity contribution >= 4 is 24.2 Å². The zero-order chi connectivity index (χ0) is 16.8. The maximum absolute atomic E-state index is 12.3. The Balaban J connectivity index is 0.00000288. The van der Waals surface area contributed by atoms with Crippen LogP contribution in [0.25, 0.3) is 0 Å². The smallest absolute Gasteiger partial charge is 0.225 e. The minimum Gasteiger partial charge on any atom is -0.353 e. The molecule has 2 saturated heterocycles. The molecule has 0 aromatic rings. The van der Waals surface area contributed by atoms with E-state index in [9.17, 15) is 9.59 Å². The van der Waals surface area contributed by atoms with Crippen molar-refractivity contribution in [2.45, 2.75) is 58.9 Å². The number of amides is 2. The van der Waals surface area contributed by atoms with Crippen LogP contribution in [-0.4, -0.2) is 48.9 Å². The lowest BCUT2D eigenvalue weighted by molar-refractivity contribution is -0.135. The minimum atomic E-state index is 0. The Morgan fingerprint density at radius 2 is 1.67 bits per heavy atom. The van der Waals surface area contributed by atoms with E-state index in [0.29, 0.717) is 18.3 Å². The van der Waals surface area contributed by atoms with E-state index < -0.39 is 0 Å². The summed E-state index contributed by atoms with van der Waals surface area (Å²) in [5.41, 5.74) is 0. The van der Waals surface area contributed by atoms with Crippen LogP contribution in [0.2, 0.25) is 0 Å². The van der Waals surface area contributed by atoms with E-state index in [4.69, 9.17) is 0 Å². The van der Waals surface area contributed by atoms with Crippen molar-refractivity contribution in [3.63, 3.8) is 0 Å². The number of hydrogen-bond acceptors (Lipinski definition) is 3. The number of likely N-dealkylation sites (tertiary alicyclic amines) is 1. The van der Waals surface area contributed by atoms with Gasteiger partial charge in [0.1, 0.15) is 0 Å². The van der Waals surface area contributed by atoms with Crippen LogP contribution in [0.3, 0.4) is 0 Å². The molecule has 6 heteroatoms. The third-order valence-electron chi connectivity index (χ3n) is 5.36. The van der Waals surface area contributed by atoms with Crippen LogP contribution in [0.5, 0.6) is 0 Å². The Morgan fingerprint density at radius 1 is 1.08 bits per heavy atom. The highest BCUT2D eigenvalue weighted by Crippen LogP contribution is 2.24. The van der Waals surface area contributed by atoms with Gasteiger partial charge >= 0.3 is 0 Å². The maximum atomic E-state index is 12.3. The van der Waals surface area contributed by atoms with Gasteiger partial charge in [0.15, 0.2) is 0 Å². The summed E-state index contributed by atoms with van der Waals surface area (Å²) in [5, 5.41) is 6.56. The summed E-state index contributed by atoms with van der Waals surface area (Å²) in [5.74, 6) is 1.61. The average Bonchev–Trinajstić information content (AvgIpc) is 2.55. The van der Waals surface area contributed by atoms with Gasteiger partial charge in [0.25, 0.3) is 0 Å². The van der Waals surface area contributed by atoms with Crippen LogP contribution in [0.1, 0.15) is 52.9 Å². The number of nitrogens with one attached hydrogen (secondary N) is 2. The number of nitrogens with zero attached hydrogens (tertiary/aromatic N) is 1. The van der Waals surface area contributed by atoms with Gasteiger partial charge in [-0.05, 0) is 50.6 Å². The monoisotopic (exact) mass is 359 g/mol. The summed E-state index contributed by atoms with van der Waals surface area (Å²) >= 11 is 0. The Kier molecular flexibility index (Phi) is 9.06. The Labute approximate surface area is 152 Å². The molecule has 140 valence electrons. The summed E-state index contributed by atoms with van der Waals surface area (Å²) in [7, 11) is 0. The van der Waals surface area contributed by atoms with E-state index in [1.807, 2.05) is 18.7 Å². The quantitative estimate of drug-likeness (QED) is 0.791. The molecule has 1 atom stereocenters. The number of carbonyl (C=O) groups is 2. The van der Waals surface area contributed by atoms with Gasteiger partial charge in [0.2, 0.25) is 11.8 Å². The molecule has 0 saturated carbocycles. The van der Waals surface area contributed by atoms with E-state index in [-0.39, 0.29) is 36.2 Å². The van der Waals surface area contributed by atoms with Crippen molar-refractivity contribution in [2.75, 3.05) is 26.2 Å². The second-order valence-electron chi connectivity index (χ2n) is 7.59. The van der Waals surface area contributed by atoms with Gasteiger partial charge in [-0.25, -0.2) is 0 Å². The van der Waals surface area contributed by atoms with E-state index >= 15 is 0 Å². The van der Waals surface area contributed by atoms with Crippen molar-refractivity contribution in [3.8, 4) is 0 Å².